The number of halogens is 1. The lowest BCUT2D eigenvalue weighted by Crippen LogP contribution is -2.18. The van der Waals surface area contributed by atoms with Crippen molar-refractivity contribution in [3.8, 4) is 17.0 Å². The van der Waals surface area contributed by atoms with E-state index in [0.29, 0.717) is 13.1 Å². The van der Waals surface area contributed by atoms with Crippen molar-refractivity contribution < 1.29 is 9.13 Å². The Balaban J connectivity index is 1.72. The molecule has 0 unspecified atom stereocenters. The monoisotopic (exact) mass is 326 g/mol. The highest BCUT2D eigenvalue weighted by Gasteiger charge is 2.11. The van der Waals surface area contributed by atoms with Gasteiger partial charge in [-0.1, -0.05) is 0 Å². The Bertz CT molecular complexity index is 801. The summed E-state index contributed by atoms with van der Waals surface area (Å²) in [7, 11) is 3.66. The fourth-order valence-electron chi connectivity index (χ4n) is 2.59. The van der Waals surface area contributed by atoms with Gasteiger partial charge in [-0.3, -0.25) is 15.0 Å². The fourth-order valence-corrected chi connectivity index (χ4v) is 2.59. The molecule has 0 atom stereocenters. The number of benzene rings is 1. The van der Waals surface area contributed by atoms with Crippen LogP contribution in [0.3, 0.4) is 0 Å². The van der Waals surface area contributed by atoms with Crippen molar-refractivity contribution >= 4 is 0 Å². The van der Waals surface area contributed by atoms with E-state index in [4.69, 9.17) is 4.74 Å². The number of ether oxygens (including phenoxy) is 1. The van der Waals surface area contributed by atoms with Crippen LogP contribution in [0.15, 0.2) is 48.8 Å². The van der Waals surface area contributed by atoms with E-state index >= 15 is 0 Å². The van der Waals surface area contributed by atoms with Crippen LogP contribution in [0.4, 0.5) is 4.39 Å². The first kappa shape index (κ1) is 16.1. The van der Waals surface area contributed by atoms with E-state index in [1.165, 1.54) is 12.1 Å². The second-order valence-electron chi connectivity index (χ2n) is 5.64. The predicted octanol–water partition coefficient (Wildman–Crippen LogP) is 3.25. The Morgan fingerprint density at radius 1 is 1.17 bits per heavy atom. The van der Waals surface area contributed by atoms with Crippen molar-refractivity contribution in [3.63, 3.8) is 0 Å². The number of methoxy groups -OCH3 is 1. The van der Waals surface area contributed by atoms with Gasteiger partial charge in [-0.15, -0.1) is 0 Å². The molecule has 0 saturated carbocycles. The van der Waals surface area contributed by atoms with E-state index in [0.717, 1.165) is 28.3 Å². The molecule has 0 saturated heterocycles. The van der Waals surface area contributed by atoms with Gasteiger partial charge in [0.25, 0.3) is 0 Å². The van der Waals surface area contributed by atoms with Crippen molar-refractivity contribution in [3.05, 3.63) is 65.9 Å². The highest BCUT2D eigenvalue weighted by atomic mass is 19.1. The molecule has 3 aromatic rings. The van der Waals surface area contributed by atoms with Gasteiger partial charge >= 0.3 is 0 Å². The first-order valence-corrected chi connectivity index (χ1v) is 7.61. The molecule has 0 amide bonds. The zero-order valence-electron chi connectivity index (χ0n) is 13.7. The minimum absolute atomic E-state index is 0.249. The van der Waals surface area contributed by atoms with Crippen LogP contribution >= 0.6 is 0 Å². The molecule has 124 valence electrons. The number of nitrogens with one attached hydrogen (secondary N) is 1. The van der Waals surface area contributed by atoms with Crippen LogP contribution in [0, 0.1) is 5.82 Å². The van der Waals surface area contributed by atoms with E-state index in [1.807, 2.05) is 19.2 Å². The van der Waals surface area contributed by atoms with E-state index < -0.39 is 0 Å². The molecule has 2 heterocycles. The smallest absolute Gasteiger partial charge is 0.123 e. The highest BCUT2D eigenvalue weighted by Crippen LogP contribution is 2.23. The first-order chi connectivity index (χ1) is 11.7. The summed E-state index contributed by atoms with van der Waals surface area (Å²) in [4.78, 5) is 6.50. The number of aromatic nitrogens is 3. The van der Waals surface area contributed by atoms with Crippen LogP contribution in [-0.2, 0) is 13.1 Å². The Kier molecular flexibility index (Phi) is 4.86. The summed E-state index contributed by atoms with van der Waals surface area (Å²) in [6, 6.07) is 10.1. The summed E-state index contributed by atoms with van der Waals surface area (Å²) in [5, 5.41) is 7.12. The number of nitrogens with zero attached hydrogens (tertiary/aromatic N) is 3. The summed E-state index contributed by atoms with van der Waals surface area (Å²) >= 11 is 0. The first-order valence-electron chi connectivity index (χ1n) is 7.61. The Labute approximate surface area is 140 Å². The Morgan fingerprint density at radius 3 is 2.71 bits per heavy atom. The van der Waals surface area contributed by atoms with Crippen molar-refractivity contribution in [2.75, 3.05) is 14.2 Å². The van der Waals surface area contributed by atoms with Crippen LogP contribution in [0.5, 0.6) is 5.75 Å². The lowest BCUT2D eigenvalue weighted by molar-refractivity contribution is 0.314. The van der Waals surface area contributed by atoms with Crippen LogP contribution in [0.25, 0.3) is 11.3 Å². The molecule has 0 fully saturated rings. The van der Waals surface area contributed by atoms with Crippen LogP contribution in [0.1, 0.15) is 11.3 Å². The number of H-pyrrole nitrogens is 1. The summed E-state index contributed by atoms with van der Waals surface area (Å²) in [5.41, 5.74) is 3.80. The van der Waals surface area contributed by atoms with Gasteiger partial charge in [0.2, 0.25) is 0 Å². The number of rotatable bonds is 6. The van der Waals surface area contributed by atoms with Gasteiger partial charge in [-0.2, -0.15) is 5.10 Å². The van der Waals surface area contributed by atoms with Gasteiger partial charge in [0.15, 0.2) is 0 Å². The zero-order valence-corrected chi connectivity index (χ0v) is 13.7. The van der Waals surface area contributed by atoms with E-state index in [-0.39, 0.29) is 5.82 Å². The maximum absolute atomic E-state index is 13.1. The van der Waals surface area contributed by atoms with Crippen molar-refractivity contribution in [2.45, 2.75) is 13.1 Å². The number of pyridine rings is 1. The maximum Gasteiger partial charge on any atom is 0.123 e. The normalized spacial score (nSPS) is 11.0. The summed E-state index contributed by atoms with van der Waals surface area (Å²) in [5.74, 6) is 0.546. The zero-order chi connectivity index (χ0) is 16.9. The highest BCUT2D eigenvalue weighted by molar-refractivity contribution is 5.62. The van der Waals surface area contributed by atoms with Crippen molar-refractivity contribution in [2.24, 2.45) is 0 Å². The average molecular weight is 326 g/mol. The molecule has 0 aliphatic heterocycles. The lowest BCUT2D eigenvalue weighted by Gasteiger charge is -2.16. The SMILES string of the molecule is COc1ccnc(CN(C)Cc2cn[nH]c2-c2ccc(F)cc2)c1. The van der Waals surface area contributed by atoms with Crippen LogP contribution in [0.2, 0.25) is 0 Å². The summed E-state index contributed by atoms with van der Waals surface area (Å²) < 4.78 is 18.3. The fraction of sp³-hybridized carbons (Fsp3) is 0.222. The quantitative estimate of drug-likeness (QED) is 0.755. The van der Waals surface area contributed by atoms with Gasteiger partial charge in [0.1, 0.15) is 11.6 Å². The molecule has 6 heteroatoms. The number of aromatic amines is 1. The summed E-state index contributed by atoms with van der Waals surface area (Å²) in [6.07, 6.45) is 3.54. The number of hydrogen-bond acceptors (Lipinski definition) is 4. The van der Waals surface area contributed by atoms with Crippen LogP contribution < -0.4 is 4.74 Å². The molecule has 0 spiro atoms. The van der Waals surface area contributed by atoms with E-state index in [2.05, 4.69) is 20.1 Å². The van der Waals surface area contributed by atoms with Crippen molar-refractivity contribution in [1.82, 2.24) is 20.1 Å². The van der Waals surface area contributed by atoms with Gasteiger partial charge in [-0.05, 0) is 37.4 Å². The molecular formula is C18H19FN4O. The topological polar surface area (TPSA) is 54.0 Å². The van der Waals surface area contributed by atoms with Crippen LogP contribution in [-0.4, -0.2) is 34.2 Å². The minimum Gasteiger partial charge on any atom is -0.497 e. The molecule has 0 aliphatic rings. The minimum atomic E-state index is -0.249. The molecule has 24 heavy (non-hydrogen) atoms. The van der Waals surface area contributed by atoms with E-state index in [1.54, 1.807) is 31.6 Å². The van der Waals surface area contributed by atoms with Gasteiger partial charge in [-0.25, -0.2) is 4.39 Å². The molecule has 1 aromatic carbocycles. The van der Waals surface area contributed by atoms with Gasteiger partial charge < -0.3 is 4.74 Å². The molecule has 5 nitrogen and oxygen atoms in total. The van der Waals surface area contributed by atoms with E-state index in [9.17, 15) is 4.39 Å². The Morgan fingerprint density at radius 2 is 1.96 bits per heavy atom. The predicted molar refractivity (Wildman–Crippen MR) is 89.9 cm³/mol. The second-order valence-corrected chi connectivity index (χ2v) is 5.64. The van der Waals surface area contributed by atoms with Gasteiger partial charge in [0, 0.05) is 36.5 Å². The third kappa shape index (κ3) is 3.78. The molecule has 0 aliphatic carbocycles. The average Bonchev–Trinajstić information content (AvgIpc) is 3.03. The van der Waals surface area contributed by atoms with Gasteiger partial charge in [0.05, 0.1) is 24.7 Å². The maximum atomic E-state index is 13.1. The second kappa shape index (κ2) is 7.23. The third-order valence-corrected chi connectivity index (χ3v) is 3.75. The Hall–Kier alpha value is -2.73. The molecule has 1 N–H and O–H groups in total. The molecule has 0 radical (unpaired) electrons. The summed E-state index contributed by atoms with van der Waals surface area (Å²) in [6.45, 7) is 1.38. The molecule has 2 aromatic heterocycles. The largest absolute Gasteiger partial charge is 0.497 e. The third-order valence-electron chi connectivity index (χ3n) is 3.75. The standard InChI is InChI=1S/C18H19FN4O/c1-23(12-16-9-17(24-2)7-8-20-16)11-14-10-21-22-18(14)13-3-5-15(19)6-4-13/h3-10H,11-12H2,1-2H3,(H,21,22). The molecule has 3 rings (SSSR count). The molecular weight excluding hydrogens is 307 g/mol. The lowest BCUT2D eigenvalue weighted by atomic mass is 10.1. The van der Waals surface area contributed by atoms with Crippen molar-refractivity contribution in [1.29, 1.82) is 0 Å². The number of hydrogen-bond donors (Lipinski definition) is 1. The molecule has 0 bridgehead atoms.